The Bertz CT molecular complexity index is 2100. The number of cyclic esters (lactones) is 2. The molecule has 6 unspecified atom stereocenters. The molecule has 0 saturated carbocycles. The van der Waals surface area contributed by atoms with Gasteiger partial charge < -0.3 is 57.2 Å². The smallest absolute Gasteiger partial charge is 0.466 e. The molecular formula is C58H86O19. The number of epoxide rings is 2. The molecule has 3 fully saturated rings. The summed E-state index contributed by atoms with van der Waals surface area (Å²) in [4.78, 5) is 83.4. The number of benzene rings is 2. The van der Waals surface area contributed by atoms with Gasteiger partial charge in [-0.25, -0.2) is 9.59 Å². The van der Waals surface area contributed by atoms with Crippen molar-refractivity contribution in [2.45, 2.75) is 151 Å². The number of carbonyl (C=O) groups is 7. The van der Waals surface area contributed by atoms with Crippen LogP contribution in [-0.2, 0) is 76.1 Å². The van der Waals surface area contributed by atoms with Crippen molar-refractivity contribution in [1.29, 1.82) is 0 Å². The lowest BCUT2D eigenvalue weighted by Gasteiger charge is -2.38. The fourth-order valence-corrected chi connectivity index (χ4v) is 9.51. The lowest BCUT2D eigenvalue weighted by molar-refractivity contribution is -0.158. The third-order valence-corrected chi connectivity index (χ3v) is 13.1. The molecule has 2 aromatic carbocycles. The van der Waals surface area contributed by atoms with Crippen molar-refractivity contribution in [2.24, 2.45) is 21.7 Å². The molecule has 3 aliphatic rings. The quantitative estimate of drug-likeness (QED) is 0.0319. The molecule has 77 heavy (non-hydrogen) atoms. The monoisotopic (exact) mass is 1090 g/mol. The maximum Gasteiger partial charge on any atom is 0.508 e. The summed E-state index contributed by atoms with van der Waals surface area (Å²) in [6.07, 6.45) is 4.11. The van der Waals surface area contributed by atoms with Crippen LogP contribution < -0.4 is 0 Å². The van der Waals surface area contributed by atoms with Crippen molar-refractivity contribution in [1.82, 2.24) is 0 Å². The Morgan fingerprint density at radius 2 is 0.987 bits per heavy atom. The van der Waals surface area contributed by atoms with Gasteiger partial charge in [0.2, 0.25) is 0 Å². The SMILES string of the molecule is CCC(CC(C)(CC(=O)OCCO)CC(C)(C)C(=O)OCC1CO1)c1ccccc1.CCC(CC(C)(CC(=O)OCCOC(=O)OCCCOC(C)=O)CC(C)(C)C(=O)OCC1CO1)c1ccccc1.O=C1OCCCO1. The lowest BCUT2D eigenvalue weighted by atomic mass is 9.67. The van der Waals surface area contributed by atoms with Crippen LogP contribution in [0.1, 0.15) is 149 Å². The van der Waals surface area contributed by atoms with E-state index in [1.807, 2.05) is 77.9 Å². The maximum absolute atomic E-state index is 12.9. The molecule has 432 valence electrons. The normalized spacial score (nSPS) is 17.9. The molecule has 6 atom stereocenters. The van der Waals surface area contributed by atoms with Crippen LogP contribution in [0.15, 0.2) is 60.7 Å². The average molecular weight is 1090 g/mol. The highest BCUT2D eigenvalue weighted by molar-refractivity contribution is 5.77. The first-order valence-corrected chi connectivity index (χ1v) is 26.8. The highest BCUT2D eigenvalue weighted by Gasteiger charge is 2.43. The van der Waals surface area contributed by atoms with Crippen molar-refractivity contribution in [3.63, 3.8) is 0 Å². The van der Waals surface area contributed by atoms with Gasteiger partial charge in [0.15, 0.2) is 0 Å². The second kappa shape index (κ2) is 33.5. The molecule has 3 saturated heterocycles. The van der Waals surface area contributed by atoms with Gasteiger partial charge in [0.25, 0.3) is 0 Å². The standard InChI is InChI=1S/C30H44O10.C24H36O6.C4H6O3/c1-6-23(24-11-8-7-9-12-24)17-30(5,21-29(3,4)27(33)40-20-25-19-39-25)18-26(32)36-15-16-38-28(34)37-14-10-13-35-22(2)31;1-5-18(19-9-7-6-8-10-19)13-24(4,14-21(26)28-12-11-25)17-23(2,3)22(27)30-16-20-15-29-20;5-4-6-2-1-3-7-4/h7-9,11-12,23,25H,6,10,13-21H2,1-5H3;6-10,18,20,25H,5,11-17H2,1-4H3;1-3H2. The van der Waals surface area contributed by atoms with Crippen molar-refractivity contribution in [3.05, 3.63) is 71.8 Å². The van der Waals surface area contributed by atoms with Crippen LogP contribution in [0.3, 0.4) is 0 Å². The zero-order valence-electron chi connectivity index (χ0n) is 46.9. The van der Waals surface area contributed by atoms with E-state index in [-0.39, 0.29) is 108 Å². The van der Waals surface area contributed by atoms with Crippen LogP contribution in [0.25, 0.3) is 0 Å². The maximum atomic E-state index is 12.9. The first kappa shape index (κ1) is 65.5. The summed E-state index contributed by atoms with van der Waals surface area (Å²) < 4.78 is 55.1. The van der Waals surface area contributed by atoms with E-state index in [0.29, 0.717) is 52.1 Å². The number of ether oxygens (including phenoxy) is 11. The van der Waals surface area contributed by atoms with Gasteiger partial charge in [-0.05, 0) is 100 Å². The van der Waals surface area contributed by atoms with E-state index in [1.54, 1.807) is 0 Å². The van der Waals surface area contributed by atoms with E-state index < -0.39 is 45.9 Å². The van der Waals surface area contributed by atoms with Gasteiger partial charge >= 0.3 is 42.2 Å². The van der Waals surface area contributed by atoms with Crippen LogP contribution in [0.4, 0.5) is 9.59 Å². The van der Waals surface area contributed by atoms with Gasteiger partial charge in [-0.15, -0.1) is 0 Å². The second-order valence-electron chi connectivity index (χ2n) is 21.7. The fraction of sp³-hybridized carbons (Fsp3) is 0.672. The number of hydrogen-bond acceptors (Lipinski definition) is 19. The Kier molecular flexibility index (Phi) is 28.5. The highest BCUT2D eigenvalue weighted by atomic mass is 16.7. The molecule has 1 N–H and O–H groups in total. The summed E-state index contributed by atoms with van der Waals surface area (Å²) in [5.41, 5.74) is -0.232. The highest BCUT2D eigenvalue weighted by Crippen LogP contribution is 2.47. The summed E-state index contributed by atoms with van der Waals surface area (Å²) in [6.45, 7) is 19.4. The van der Waals surface area contributed by atoms with E-state index in [1.165, 1.54) is 18.1 Å². The molecule has 0 amide bonds. The zero-order valence-corrected chi connectivity index (χ0v) is 46.9. The van der Waals surface area contributed by atoms with Crippen LogP contribution in [0.2, 0.25) is 0 Å². The number of aliphatic hydroxyl groups is 1. The molecule has 0 bridgehead atoms. The number of carbonyl (C=O) groups excluding carboxylic acids is 7. The topological polar surface area (TPSA) is 248 Å². The zero-order chi connectivity index (χ0) is 56.9. The third-order valence-electron chi connectivity index (χ3n) is 13.1. The summed E-state index contributed by atoms with van der Waals surface area (Å²) in [7, 11) is 0. The molecular weight excluding hydrogens is 1000 g/mol. The summed E-state index contributed by atoms with van der Waals surface area (Å²) >= 11 is 0. The Morgan fingerprint density at radius 3 is 1.36 bits per heavy atom. The van der Waals surface area contributed by atoms with Crippen molar-refractivity contribution < 1.29 is 90.8 Å². The van der Waals surface area contributed by atoms with E-state index >= 15 is 0 Å². The first-order valence-electron chi connectivity index (χ1n) is 26.8. The molecule has 19 heteroatoms. The van der Waals surface area contributed by atoms with Crippen molar-refractivity contribution in [2.75, 3.05) is 79.3 Å². The molecule has 3 heterocycles. The second-order valence-corrected chi connectivity index (χ2v) is 21.7. The molecule has 0 aliphatic carbocycles. The molecule has 0 radical (unpaired) electrons. The largest absolute Gasteiger partial charge is 0.508 e. The molecule has 0 aromatic heterocycles. The van der Waals surface area contributed by atoms with Crippen LogP contribution >= 0.6 is 0 Å². The number of rotatable bonds is 31. The Morgan fingerprint density at radius 1 is 0.584 bits per heavy atom. The third kappa shape index (κ3) is 27.4. The Labute approximate surface area is 454 Å². The van der Waals surface area contributed by atoms with Crippen LogP contribution in [0.5, 0.6) is 0 Å². The number of esters is 5. The minimum absolute atomic E-state index is 0.0162. The minimum Gasteiger partial charge on any atom is -0.466 e. The lowest BCUT2D eigenvalue weighted by Crippen LogP contribution is -2.36. The number of hydrogen-bond donors (Lipinski definition) is 1. The summed E-state index contributed by atoms with van der Waals surface area (Å²) in [5.74, 6) is -1.36. The van der Waals surface area contributed by atoms with Crippen molar-refractivity contribution in [3.8, 4) is 0 Å². The fourth-order valence-electron chi connectivity index (χ4n) is 9.51. The number of aliphatic hydroxyl groups excluding tert-OH is 1. The predicted molar refractivity (Wildman–Crippen MR) is 281 cm³/mol. The van der Waals surface area contributed by atoms with E-state index in [4.69, 9.17) is 47.7 Å². The Hall–Kier alpha value is -5.79. The van der Waals surface area contributed by atoms with Crippen molar-refractivity contribution >= 4 is 42.2 Å². The van der Waals surface area contributed by atoms with Gasteiger partial charge in [-0.2, -0.15) is 0 Å². The predicted octanol–water partition coefficient (Wildman–Crippen LogP) is 9.38. The summed E-state index contributed by atoms with van der Waals surface area (Å²) in [6, 6.07) is 20.4. The summed E-state index contributed by atoms with van der Waals surface area (Å²) in [5, 5.41) is 8.97. The van der Waals surface area contributed by atoms with Gasteiger partial charge in [0.05, 0.1) is 69.9 Å². The molecule has 19 nitrogen and oxygen atoms in total. The first-order chi connectivity index (χ1) is 36.5. The molecule has 3 aliphatic heterocycles. The van der Waals surface area contributed by atoms with Gasteiger partial charge in [-0.3, -0.25) is 24.0 Å². The van der Waals surface area contributed by atoms with Gasteiger partial charge in [0, 0.05) is 19.8 Å². The van der Waals surface area contributed by atoms with E-state index in [0.717, 1.165) is 25.7 Å². The van der Waals surface area contributed by atoms with E-state index in [2.05, 4.69) is 47.6 Å². The molecule has 0 spiro atoms. The van der Waals surface area contributed by atoms with Crippen LogP contribution in [0, 0.1) is 21.7 Å². The molecule has 5 rings (SSSR count). The molecule has 2 aromatic rings. The Balaban J connectivity index is 0.000000369. The average Bonchev–Trinajstić information content (AvgIpc) is 4.34. The van der Waals surface area contributed by atoms with E-state index in [9.17, 15) is 33.6 Å². The van der Waals surface area contributed by atoms with Gasteiger partial charge in [-0.1, -0.05) is 88.4 Å². The van der Waals surface area contributed by atoms with Crippen LogP contribution in [-0.4, -0.2) is 139 Å². The minimum atomic E-state index is -0.894. The van der Waals surface area contributed by atoms with Gasteiger partial charge in [0.1, 0.15) is 45.2 Å².